The number of hydrogen-bond acceptors (Lipinski definition) is 2. The molecule has 54 valence electrons. The molecule has 1 saturated heterocycles. The molecule has 0 unspecified atom stereocenters. The normalized spacial score (nSPS) is 26.1. The zero-order chi connectivity index (χ0) is 7.40. The molecule has 0 aliphatic carbocycles. The summed E-state index contributed by atoms with van der Waals surface area (Å²) in [5.41, 5.74) is 2.57. The third-order valence-corrected chi connectivity index (χ3v) is 2.03. The summed E-state index contributed by atoms with van der Waals surface area (Å²) in [7, 11) is 0. The molecule has 1 fully saturated rings. The lowest BCUT2D eigenvalue weighted by Gasteiger charge is -2.28. The summed E-state index contributed by atoms with van der Waals surface area (Å²) in [6.45, 7) is 5.67. The molecular formula is C7H16N2. The number of nitrogens with two attached hydrogens (primary N) is 1. The van der Waals surface area contributed by atoms with Crippen molar-refractivity contribution in [1.82, 2.24) is 4.90 Å². The fraction of sp³-hybridized carbons (Fsp3) is 1.00. The van der Waals surface area contributed by atoms with Crippen LogP contribution in [0.25, 0.3) is 0 Å². The van der Waals surface area contributed by atoms with Crippen molar-refractivity contribution in [2.75, 3.05) is 19.6 Å². The predicted molar refractivity (Wildman–Crippen MR) is 39.3 cm³/mol. The second-order valence-corrected chi connectivity index (χ2v) is 2.71. The van der Waals surface area contributed by atoms with E-state index in [4.69, 9.17) is 1.41 Å². The first kappa shape index (κ1) is 5.69. The lowest BCUT2D eigenvalue weighted by molar-refractivity contribution is 0.223. The van der Waals surface area contributed by atoms with E-state index >= 15 is 0 Å². The van der Waals surface area contributed by atoms with Crippen molar-refractivity contribution in [2.45, 2.75) is 25.8 Å². The summed E-state index contributed by atoms with van der Waals surface area (Å²) in [6, 6.07) is 0.447. The minimum atomic E-state index is 0.447. The van der Waals surface area contributed by atoms with Gasteiger partial charge in [-0.2, -0.15) is 0 Å². The third kappa shape index (κ3) is 1.95. The maximum Gasteiger partial charge on any atom is 0.119 e. The highest BCUT2D eigenvalue weighted by molar-refractivity contribution is 4.72. The molecular weight excluding hydrogens is 112 g/mol. The van der Waals surface area contributed by atoms with Crippen molar-refractivity contribution in [3.05, 3.63) is 0 Å². The molecule has 2 N–H and O–H groups in total. The average Bonchev–Trinajstić information content (AvgIpc) is 2.05. The first-order chi connectivity index (χ1) is 4.86. The van der Waals surface area contributed by atoms with E-state index in [1.165, 1.54) is 0 Å². The van der Waals surface area contributed by atoms with Gasteiger partial charge in [0.25, 0.3) is 0 Å². The van der Waals surface area contributed by atoms with Crippen LogP contribution >= 0.6 is 0 Å². The molecule has 0 amide bonds. The van der Waals surface area contributed by atoms with Crippen LogP contribution in [-0.2, 0) is 0 Å². The number of hydrogen-bond donors (Lipinski definition) is 1. The molecule has 1 rings (SSSR count). The van der Waals surface area contributed by atoms with Gasteiger partial charge in [-0.25, -0.2) is 0 Å². The Labute approximate surface area is 58.5 Å². The van der Waals surface area contributed by atoms with Crippen LogP contribution in [0.5, 0.6) is 0 Å². The zero-order valence-electron chi connectivity index (χ0n) is 7.06. The molecule has 0 radical (unpaired) electrons. The Morgan fingerprint density at radius 2 is 2.33 bits per heavy atom. The number of nitrogens with zero attached hydrogens (tertiary/aromatic N) is 1. The molecule has 1 heterocycles. The van der Waals surface area contributed by atoms with Gasteiger partial charge < -0.3 is 10.6 Å². The summed E-state index contributed by atoms with van der Waals surface area (Å²) >= 11 is 0. The van der Waals surface area contributed by atoms with Gasteiger partial charge in [0, 0.05) is 6.04 Å². The van der Waals surface area contributed by atoms with Gasteiger partial charge >= 0.3 is 0 Å². The van der Waals surface area contributed by atoms with E-state index < -0.39 is 0 Å². The summed E-state index contributed by atoms with van der Waals surface area (Å²) in [5.74, 6) is 0. The van der Waals surface area contributed by atoms with Crippen molar-refractivity contribution in [3.63, 3.8) is 0 Å². The molecule has 0 aromatic heterocycles. The predicted octanol–water partition coefficient (Wildman–Crippen LogP) is 0.429. The first-order valence-electron chi connectivity index (χ1n) is 4.26. The lowest BCUT2D eigenvalue weighted by atomic mass is 10.1. The Morgan fingerprint density at radius 3 is 2.78 bits per heavy atom. The molecule has 1 aliphatic rings. The van der Waals surface area contributed by atoms with Gasteiger partial charge in [0.2, 0.25) is 0 Å². The second-order valence-electron chi connectivity index (χ2n) is 2.71. The molecule has 0 atom stereocenters. The van der Waals surface area contributed by atoms with Gasteiger partial charge in [-0.3, -0.25) is 0 Å². The maximum absolute atomic E-state index is 6.95. The van der Waals surface area contributed by atoms with Crippen molar-refractivity contribution < 1.29 is 1.41 Å². The van der Waals surface area contributed by atoms with Crippen molar-refractivity contribution in [2.24, 2.45) is 5.73 Å². The third-order valence-electron chi connectivity index (χ3n) is 2.03. The van der Waals surface area contributed by atoms with E-state index in [1.807, 2.05) is 0 Å². The summed E-state index contributed by atoms with van der Waals surface area (Å²) < 4.78 is 6.95. The van der Waals surface area contributed by atoms with E-state index in [9.17, 15) is 0 Å². The van der Waals surface area contributed by atoms with Crippen LogP contribution < -0.4 is 5.73 Å². The lowest BCUT2D eigenvalue weighted by Crippen LogP contribution is -2.39. The monoisotopic (exact) mass is 130 g/mol. The molecule has 2 nitrogen and oxygen atoms in total. The van der Waals surface area contributed by atoms with E-state index in [0.29, 0.717) is 6.04 Å². The molecule has 2 heteroatoms. The number of piperidine rings is 1. The smallest absolute Gasteiger partial charge is 0.119 e. The molecule has 0 spiro atoms. The Balaban J connectivity index is 2.17. The van der Waals surface area contributed by atoms with Crippen molar-refractivity contribution in [1.29, 1.82) is 0 Å². The van der Waals surface area contributed by atoms with Crippen LogP contribution in [-0.4, -0.2) is 30.6 Å². The zero-order valence-corrected chi connectivity index (χ0v) is 6.06. The van der Waals surface area contributed by atoms with E-state index in [2.05, 4.69) is 17.6 Å². The van der Waals surface area contributed by atoms with Crippen LogP contribution in [0.4, 0.5) is 0 Å². The van der Waals surface area contributed by atoms with Crippen molar-refractivity contribution >= 4 is 0 Å². The molecule has 0 bridgehead atoms. The highest BCUT2D eigenvalue weighted by Crippen LogP contribution is 2.06. The standard InChI is InChI=1S/C7H16N2/c1-2-9-5-3-7(8)4-6-9/h7H,2-6,8H2,1H3/i/hT. The van der Waals surface area contributed by atoms with Crippen LogP contribution in [0.3, 0.4) is 0 Å². The van der Waals surface area contributed by atoms with E-state index in [0.717, 1.165) is 32.5 Å². The molecule has 0 aromatic rings. The highest BCUT2D eigenvalue weighted by Gasteiger charge is 2.13. The van der Waals surface area contributed by atoms with Gasteiger partial charge in [-0.1, -0.05) is 6.92 Å². The minimum Gasteiger partial charge on any atom is -0.328 e. The minimum absolute atomic E-state index is 0.447. The molecule has 1 aliphatic heterocycles. The van der Waals surface area contributed by atoms with Gasteiger partial charge in [0.1, 0.15) is 1.41 Å². The van der Waals surface area contributed by atoms with Gasteiger partial charge in [0.15, 0.2) is 0 Å². The Hall–Kier alpha value is -0.0800. The Kier molecular flexibility index (Phi) is 2.01. The van der Waals surface area contributed by atoms with Crippen LogP contribution in [0.2, 0.25) is 1.41 Å². The van der Waals surface area contributed by atoms with Gasteiger partial charge in [0.05, 0.1) is 0 Å². The molecule has 9 heavy (non-hydrogen) atoms. The fourth-order valence-corrected chi connectivity index (χ4v) is 1.25. The van der Waals surface area contributed by atoms with Gasteiger partial charge in [-0.05, 0) is 32.5 Å². The first-order valence-corrected chi connectivity index (χ1v) is 3.76. The molecule has 0 aromatic carbocycles. The average molecular weight is 130 g/mol. The van der Waals surface area contributed by atoms with E-state index in [-0.39, 0.29) is 0 Å². The van der Waals surface area contributed by atoms with Gasteiger partial charge in [-0.15, -0.1) is 0 Å². The quantitative estimate of drug-likeness (QED) is 0.587. The SMILES string of the molecule is [3H]NC1CCN(CC)CC1. The summed E-state index contributed by atoms with van der Waals surface area (Å²) in [6.07, 6.45) is 2.27. The van der Waals surface area contributed by atoms with Crippen LogP contribution in [0.15, 0.2) is 0 Å². The highest BCUT2D eigenvalue weighted by atomic mass is 15.1. The van der Waals surface area contributed by atoms with Crippen LogP contribution in [0.1, 0.15) is 19.8 Å². The Bertz CT molecular complexity index is 77.6. The maximum atomic E-state index is 6.95. The number of rotatable bonds is 2. The summed E-state index contributed by atoms with van der Waals surface area (Å²) in [4.78, 5) is 2.42. The second kappa shape index (κ2) is 3.18. The fourth-order valence-electron chi connectivity index (χ4n) is 1.25. The summed E-state index contributed by atoms with van der Waals surface area (Å²) in [5, 5.41) is 0. The largest absolute Gasteiger partial charge is 0.328 e. The van der Waals surface area contributed by atoms with E-state index in [1.54, 1.807) is 0 Å². The Morgan fingerprint density at radius 1 is 1.67 bits per heavy atom. The number of likely N-dealkylation sites (tertiary alicyclic amines) is 1. The topological polar surface area (TPSA) is 29.3 Å². The molecule has 0 saturated carbocycles. The van der Waals surface area contributed by atoms with Crippen LogP contribution in [0, 0.1) is 0 Å². The van der Waals surface area contributed by atoms with Crippen molar-refractivity contribution in [3.8, 4) is 0 Å².